The third-order valence-corrected chi connectivity index (χ3v) is 5.13. The van der Waals surface area contributed by atoms with Gasteiger partial charge in [-0.25, -0.2) is 4.98 Å². The number of aromatic amines is 1. The summed E-state index contributed by atoms with van der Waals surface area (Å²) in [5, 5.41) is 4.47. The van der Waals surface area contributed by atoms with Gasteiger partial charge >= 0.3 is 0 Å². The third kappa shape index (κ3) is 4.91. The fourth-order valence-electron chi connectivity index (χ4n) is 3.15. The number of aromatic nitrogens is 2. The Balaban J connectivity index is 1.44. The van der Waals surface area contributed by atoms with Crippen LogP contribution in [0.2, 0.25) is 10.0 Å². The summed E-state index contributed by atoms with van der Waals surface area (Å²) in [5.74, 6) is 1.52. The molecule has 29 heavy (non-hydrogen) atoms. The number of ether oxygens (including phenoxy) is 1. The van der Waals surface area contributed by atoms with Crippen LogP contribution in [0, 0.1) is 6.92 Å². The van der Waals surface area contributed by atoms with E-state index < -0.39 is 0 Å². The summed E-state index contributed by atoms with van der Waals surface area (Å²) >= 11 is 12.6. The van der Waals surface area contributed by atoms with E-state index in [1.807, 2.05) is 30.3 Å². The number of benzene rings is 3. The molecule has 0 unspecified atom stereocenters. The molecule has 0 saturated heterocycles. The first-order valence-electron chi connectivity index (χ1n) is 9.39. The van der Waals surface area contributed by atoms with E-state index in [9.17, 15) is 0 Å². The molecule has 3 aromatic carbocycles. The maximum atomic E-state index is 6.42. The van der Waals surface area contributed by atoms with Gasteiger partial charge in [0.1, 0.15) is 18.2 Å². The van der Waals surface area contributed by atoms with Gasteiger partial charge in [-0.05, 0) is 36.8 Å². The van der Waals surface area contributed by atoms with Crippen molar-refractivity contribution in [1.29, 1.82) is 0 Å². The highest BCUT2D eigenvalue weighted by molar-refractivity contribution is 6.35. The van der Waals surface area contributed by atoms with E-state index in [4.69, 9.17) is 27.9 Å². The van der Waals surface area contributed by atoms with E-state index in [1.54, 1.807) is 6.07 Å². The van der Waals surface area contributed by atoms with Crippen molar-refractivity contribution in [3.05, 3.63) is 93.2 Å². The Labute approximate surface area is 179 Å². The molecule has 0 atom stereocenters. The number of para-hydroxylation sites is 2. The summed E-state index contributed by atoms with van der Waals surface area (Å²) < 4.78 is 6.05. The van der Waals surface area contributed by atoms with E-state index in [2.05, 4.69) is 46.5 Å². The van der Waals surface area contributed by atoms with Crippen molar-refractivity contribution >= 4 is 34.2 Å². The number of aryl methyl sites for hydroxylation is 1. The minimum absolute atomic E-state index is 0.443. The van der Waals surface area contributed by atoms with E-state index in [1.165, 1.54) is 5.56 Å². The predicted octanol–water partition coefficient (Wildman–Crippen LogP) is 6.05. The Kier molecular flexibility index (Phi) is 6.05. The first kappa shape index (κ1) is 19.8. The van der Waals surface area contributed by atoms with Crippen LogP contribution in [0.15, 0.2) is 60.7 Å². The molecular formula is C23H21Cl2N3O. The molecule has 0 amide bonds. The number of H-pyrrole nitrogens is 1. The van der Waals surface area contributed by atoms with Gasteiger partial charge in [-0.15, -0.1) is 0 Å². The highest BCUT2D eigenvalue weighted by Crippen LogP contribution is 2.33. The van der Waals surface area contributed by atoms with Gasteiger partial charge in [-0.2, -0.15) is 0 Å². The number of rotatable bonds is 7. The highest BCUT2D eigenvalue weighted by atomic mass is 35.5. The lowest BCUT2D eigenvalue weighted by atomic mass is 10.1. The van der Waals surface area contributed by atoms with Gasteiger partial charge in [0, 0.05) is 17.1 Å². The lowest BCUT2D eigenvalue weighted by molar-refractivity contribution is 0.302. The molecule has 6 heteroatoms. The van der Waals surface area contributed by atoms with Gasteiger partial charge in [0.05, 0.1) is 22.6 Å². The lowest BCUT2D eigenvalue weighted by Gasteiger charge is -2.14. The smallest absolute Gasteiger partial charge is 0.142 e. The largest absolute Gasteiger partial charge is 0.487 e. The molecule has 4 nitrogen and oxygen atoms in total. The number of nitrogens with zero attached hydrogens (tertiary/aromatic N) is 1. The Morgan fingerprint density at radius 2 is 1.79 bits per heavy atom. The van der Waals surface area contributed by atoms with Crippen molar-refractivity contribution in [2.45, 2.75) is 26.6 Å². The summed E-state index contributed by atoms with van der Waals surface area (Å²) in [4.78, 5) is 7.90. The first-order chi connectivity index (χ1) is 14.1. The van der Waals surface area contributed by atoms with Crippen molar-refractivity contribution in [3.8, 4) is 5.75 Å². The summed E-state index contributed by atoms with van der Waals surface area (Å²) in [6.45, 7) is 3.65. The second kappa shape index (κ2) is 8.87. The summed E-state index contributed by atoms with van der Waals surface area (Å²) in [6, 6.07) is 19.8. The van der Waals surface area contributed by atoms with Crippen LogP contribution >= 0.6 is 23.2 Å². The number of halogens is 2. The van der Waals surface area contributed by atoms with Crippen molar-refractivity contribution in [2.75, 3.05) is 0 Å². The van der Waals surface area contributed by atoms with Crippen molar-refractivity contribution < 1.29 is 4.74 Å². The van der Waals surface area contributed by atoms with Gasteiger partial charge in [0.15, 0.2) is 0 Å². The molecule has 148 valence electrons. The average molecular weight is 426 g/mol. The van der Waals surface area contributed by atoms with Crippen LogP contribution in [0.25, 0.3) is 11.0 Å². The first-order valence-corrected chi connectivity index (χ1v) is 10.1. The zero-order valence-electron chi connectivity index (χ0n) is 16.0. The van der Waals surface area contributed by atoms with Gasteiger partial charge in [-0.1, -0.05) is 65.2 Å². The van der Waals surface area contributed by atoms with Crippen LogP contribution in [0.3, 0.4) is 0 Å². The van der Waals surface area contributed by atoms with Crippen molar-refractivity contribution in [3.63, 3.8) is 0 Å². The average Bonchev–Trinajstić information content (AvgIpc) is 3.11. The minimum atomic E-state index is 0.443. The van der Waals surface area contributed by atoms with Gasteiger partial charge < -0.3 is 15.0 Å². The second-order valence-electron chi connectivity index (χ2n) is 6.95. The number of fused-ring (bicyclic) bond motifs is 1. The molecule has 0 aliphatic heterocycles. The summed E-state index contributed by atoms with van der Waals surface area (Å²) in [7, 11) is 0. The maximum Gasteiger partial charge on any atom is 0.142 e. The molecular weight excluding hydrogens is 405 g/mol. The predicted molar refractivity (Wildman–Crippen MR) is 119 cm³/mol. The molecule has 0 radical (unpaired) electrons. The third-order valence-electron chi connectivity index (χ3n) is 4.64. The van der Waals surface area contributed by atoms with Crippen molar-refractivity contribution in [1.82, 2.24) is 15.3 Å². The molecule has 4 aromatic rings. The fourth-order valence-corrected chi connectivity index (χ4v) is 3.74. The fraction of sp³-hybridized carbons (Fsp3) is 0.174. The van der Waals surface area contributed by atoms with E-state index in [-0.39, 0.29) is 0 Å². The van der Waals surface area contributed by atoms with E-state index >= 15 is 0 Å². The van der Waals surface area contributed by atoms with Gasteiger partial charge in [0.2, 0.25) is 0 Å². The molecule has 1 aromatic heterocycles. The Morgan fingerprint density at radius 1 is 1.00 bits per heavy atom. The molecule has 0 aliphatic carbocycles. The number of nitrogens with one attached hydrogen (secondary N) is 2. The maximum absolute atomic E-state index is 6.42. The number of hydrogen-bond donors (Lipinski definition) is 2. The number of imidazole rings is 1. The van der Waals surface area contributed by atoms with E-state index in [0.717, 1.165) is 28.0 Å². The van der Waals surface area contributed by atoms with Gasteiger partial charge in [0.25, 0.3) is 0 Å². The second-order valence-corrected chi connectivity index (χ2v) is 7.80. The normalized spacial score (nSPS) is 11.1. The Hall–Kier alpha value is -2.53. The van der Waals surface area contributed by atoms with Crippen LogP contribution < -0.4 is 10.1 Å². The van der Waals surface area contributed by atoms with Gasteiger partial charge in [-0.3, -0.25) is 0 Å². The lowest BCUT2D eigenvalue weighted by Crippen LogP contribution is -2.15. The quantitative estimate of drug-likeness (QED) is 0.378. The van der Waals surface area contributed by atoms with Crippen LogP contribution in [-0.4, -0.2) is 9.97 Å². The number of hydrogen-bond acceptors (Lipinski definition) is 3. The molecule has 1 heterocycles. The SMILES string of the molecule is Cc1ccc(COc2c(Cl)cc(Cl)cc2CNCc2nc3ccccc3[nH]2)cc1. The summed E-state index contributed by atoms with van der Waals surface area (Å²) in [6.07, 6.45) is 0. The molecule has 0 fully saturated rings. The monoisotopic (exact) mass is 425 g/mol. The molecule has 0 saturated carbocycles. The standard InChI is InChI=1S/C23H21Cl2N3O/c1-15-6-8-16(9-7-15)14-29-23-17(10-18(24)11-19(23)25)12-26-13-22-27-20-4-2-3-5-21(20)28-22/h2-11,26H,12-14H2,1H3,(H,27,28). The topological polar surface area (TPSA) is 49.9 Å². The van der Waals surface area contributed by atoms with Crippen LogP contribution in [0.4, 0.5) is 0 Å². The van der Waals surface area contributed by atoms with Crippen LogP contribution in [0.5, 0.6) is 5.75 Å². The minimum Gasteiger partial charge on any atom is -0.487 e. The summed E-state index contributed by atoms with van der Waals surface area (Å²) in [5.41, 5.74) is 5.19. The highest BCUT2D eigenvalue weighted by Gasteiger charge is 2.12. The van der Waals surface area contributed by atoms with Crippen LogP contribution in [-0.2, 0) is 19.7 Å². The van der Waals surface area contributed by atoms with E-state index in [0.29, 0.717) is 35.5 Å². The van der Waals surface area contributed by atoms with Crippen molar-refractivity contribution in [2.24, 2.45) is 0 Å². The van der Waals surface area contributed by atoms with Crippen LogP contribution in [0.1, 0.15) is 22.5 Å². The zero-order chi connectivity index (χ0) is 20.2. The molecule has 0 aliphatic rings. The zero-order valence-corrected chi connectivity index (χ0v) is 17.5. The Bertz CT molecular complexity index is 1090. The molecule has 4 rings (SSSR count). The molecule has 2 N–H and O–H groups in total. The molecule has 0 bridgehead atoms. The molecule has 0 spiro atoms. The Morgan fingerprint density at radius 3 is 2.59 bits per heavy atom.